The molecule has 0 saturated carbocycles. The van der Waals surface area contributed by atoms with E-state index in [9.17, 15) is 0 Å². The number of nitrogens with zero attached hydrogens (tertiary/aromatic N) is 3. The van der Waals surface area contributed by atoms with Crippen molar-refractivity contribution in [3.63, 3.8) is 0 Å². The SMILES string of the molecule is CCCNCCN1CCN(c2ccc(-c3ccc4c(c3)OCO4)cn2)CC1. The van der Waals surface area contributed by atoms with Crippen molar-refractivity contribution >= 4 is 5.82 Å². The van der Waals surface area contributed by atoms with Crippen LogP contribution in [0, 0.1) is 0 Å². The first-order valence-corrected chi connectivity index (χ1v) is 9.87. The summed E-state index contributed by atoms with van der Waals surface area (Å²) in [6.45, 7) is 10.1. The number of aromatic nitrogens is 1. The largest absolute Gasteiger partial charge is 0.454 e. The predicted octanol–water partition coefficient (Wildman–Crippen LogP) is 2.60. The second-order valence-electron chi connectivity index (χ2n) is 7.05. The highest BCUT2D eigenvalue weighted by Crippen LogP contribution is 2.35. The number of benzene rings is 1. The average Bonchev–Trinajstić information content (AvgIpc) is 3.20. The van der Waals surface area contributed by atoms with Gasteiger partial charge in [0.05, 0.1) is 0 Å². The van der Waals surface area contributed by atoms with E-state index in [2.05, 4.69) is 40.2 Å². The fraction of sp³-hybridized carbons (Fsp3) is 0.476. The van der Waals surface area contributed by atoms with E-state index in [1.54, 1.807) is 0 Å². The van der Waals surface area contributed by atoms with Crippen LogP contribution < -0.4 is 19.7 Å². The Kier molecular flexibility index (Phi) is 5.75. The van der Waals surface area contributed by atoms with Gasteiger partial charge in [0.2, 0.25) is 6.79 Å². The molecule has 1 aromatic heterocycles. The van der Waals surface area contributed by atoms with Gasteiger partial charge in [0.15, 0.2) is 11.5 Å². The van der Waals surface area contributed by atoms with Crippen LogP contribution in [0.15, 0.2) is 36.5 Å². The van der Waals surface area contributed by atoms with Crippen molar-refractivity contribution in [1.29, 1.82) is 0 Å². The van der Waals surface area contributed by atoms with Crippen LogP contribution in [-0.4, -0.2) is 62.5 Å². The molecule has 0 radical (unpaired) electrons. The van der Waals surface area contributed by atoms with Crippen molar-refractivity contribution in [3.8, 4) is 22.6 Å². The van der Waals surface area contributed by atoms with Gasteiger partial charge in [0, 0.05) is 51.0 Å². The van der Waals surface area contributed by atoms with E-state index in [1.165, 1.54) is 6.42 Å². The minimum absolute atomic E-state index is 0.302. The molecule has 1 aromatic carbocycles. The first kappa shape index (κ1) is 18.1. The molecule has 0 atom stereocenters. The van der Waals surface area contributed by atoms with Gasteiger partial charge in [-0.2, -0.15) is 0 Å². The Morgan fingerprint density at radius 3 is 2.56 bits per heavy atom. The van der Waals surface area contributed by atoms with Crippen LogP contribution in [0.4, 0.5) is 5.82 Å². The Morgan fingerprint density at radius 2 is 1.78 bits per heavy atom. The van der Waals surface area contributed by atoms with Gasteiger partial charge in [-0.05, 0) is 42.8 Å². The molecule has 0 unspecified atom stereocenters. The number of pyridine rings is 1. The van der Waals surface area contributed by atoms with Crippen LogP contribution in [0.5, 0.6) is 11.5 Å². The maximum absolute atomic E-state index is 5.47. The molecule has 0 amide bonds. The Bertz CT molecular complexity index is 742. The Labute approximate surface area is 161 Å². The van der Waals surface area contributed by atoms with Gasteiger partial charge in [0.1, 0.15) is 5.82 Å². The molecule has 144 valence electrons. The van der Waals surface area contributed by atoms with Crippen LogP contribution in [0.1, 0.15) is 13.3 Å². The van der Waals surface area contributed by atoms with Crippen molar-refractivity contribution in [2.24, 2.45) is 0 Å². The lowest BCUT2D eigenvalue weighted by Gasteiger charge is -2.35. The first-order valence-electron chi connectivity index (χ1n) is 9.87. The van der Waals surface area contributed by atoms with Crippen molar-refractivity contribution in [1.82, 2.24) is 15.2 Å². The van der Waals surface area contributed by atoms with Crippen LogP contribution in [-0.2, 0) is 0 Å². The van der Waals surface area contributed by atoms with Crippen LogP contribution in [0.25, 0.3) is 11.1 Å². The highest BCUT2D eigenvalue weighted by molar-refractivity contribution is 5.67. The number of hydrogen-bond donors (Lipinski definition) is 1. The lowest BCUT2D eigenvalue weighted by molar-refractivity contribution is 0.174. The first-order chi connectivity index (χ1) is 13.3. The fourth-order valence-corrected chi connectivity index (χ4v) is 3.56. The zero-order valence-corrected chi connectivity index (χ0v) is 16.0. The third kappa shape index (κ3) is 4.34. The van der Waals surface area contributed by atoms with Crippen molar-refractivity contribution < 1.29 is 9.47 Å². The molecule has 3 heterocycles. The Morgan fingerprint density at radius 1 is 0.963 bits per heavy atom. The molecule has 2 aliphatic heterocycles. The summed E-state index contributed by atoms with van der Waals surface area (Å²) >= 11 is 0. The highest BCUT2D eigenvalue weighted by Gasteiger charge is 2.18. The molecule has 6 heteroatoms. The second-order valence-corrected chi connectivity index (χ2v) is 7.05. The topological polar surface area (TPSA) is 49.9 Å². The molecule has 2 aromatic rings. The molecular weight excluding hydrogens is 340 g/mol. The van der Waals surface area contributed by atoms with E-state index < -0.39 is 0 Å². The van der Waals surface area contributed by atoms with Crippen molar-refractivity contribution in [2.75, 3.05) is 57.5 Å². The Balaban J connectivity index is 1.32. The summed E-state index contributed by atoms with van der Waals surface area (Å²) in [5.74, 6) is 2.68. The molecule has 1 saturated heterocycles. The van der Waals surface area contributed by atoms with Crippen LogP contribution in [0.2, 0.25) is 0 Å². The summed E-state index contributed by atoms with van der Waals surface area (Å²) in [4.78, 5) is 9.61. The standard InChI is InChI=1S/C21H28N4O2/c1-2-7-22-8-9-24-10-12-25(13-11-24)21-6-4-18(15-23-21)17-3-5-19-20(14-17)27-16-26-19/h3-6,14-15,22H,2,7-13,16H2,1H3. The summed E-state index contributed by atoms with van der Waals surface area (Å²) in [7, 11) is 0. The van der Waals surface area contributed by atoms with Gasteiger partial charge >= 0.3 is 0 Å². The quantitative estimate of drug-likeness (QED) is 0.758. The molecule has 0 aliphatic carbocycles. The molecular formula is C21H28N4O2. The predicted molar refractivity (Wildman–Crippen MR) is 108 cm³/mol. The van der Waals surface area contributed by atoms with E-state index in [1.807, 2.05) is 18.3 Å². The van der Waals surface area contributed by atoms with Gasteiger partial charge in [-0.1, -0.05) is 13.0 Å². The number of piperazine rings is 1. The lowest BCUT2D eigenvalue weighted by atomic mass is 10.1. The summed E-state index contributed by atoms with van der Waals surface area (Å²) < 4.78 is 10.9. The zero-order chi connectivity index (χ0) is 18.5. The van der Waals surface area contributed by atoms with E-state index in [-0.39, 0.29) is 0 Å². The molecule has 0 spiro atoms. The minimum Gasteiger partial charge on any atom is -0.454 e. The number of nitrogens with one attached hydrogen (secondary N) is 1. The number of hydrogen-bond acceptors (Lipinski definition) is 6. The van der Waals surface area contributed by atoms with Gasteiger partial charge in [-0.15, -0.1) is 0 Å². The smallest absolute Gasteiger partial charge is 0.231 e. The van der Waals surface area contributed by atoms with Gasteiger partial charge in [0.25, 0.3) is 0 Å². The van der Waals surface area contributed by atoms with E-state index in [0.29, 0.717) is 6.79 Å². The normalized spacial score (nSPS) is 16.7. The van der Waals surface area contributed by atoms with Gasteiger partial charge in [-0.25, -0.2) is 4.98 Å². The van der Waals surface area contributed by atoms with Crippen molar-refractivity contribution in [2.45, 2.75) is 13.3 Å². The van der Waals surface area contributed by atoms with Crippen molar-refractivity contribution in [3.05, 3.63) is 36.5 Å². The summed E-state index contributed by atoms with van der Waals surface area (Å²) in [5, 5.41) is 3.48. The fourth-order valence-electron chi connectivity index (χ4n) is 3.56. The summed E-state index contributed by atoms with van der Waals surface area (Å²) in [6, 6.07) is 10.3. The number of ether oxygens (including phenoxy) is 2. The maximum atomic E-state index is 5.47. The summed E-state index contributed by atoms with van der Waals surface area (Å²) in [5.41, 5.74) is 2.19. The molecule has 1 fully saturated rings. The van der Waals surface area contributed by atoms with E-state index in [0.717, 1.165) is 74.3 Å². The maximum Gasteiger partial charge on any atom is 0.231 e. The number of rotatable bonds is 7. The van der Waals surface area contributed by atoms with Crippen LogP contribution >= 0.6 is 0 Å². The van der Waals surface area contributed by atoms with Gasteiger partial charge < -0.3 is 19.7 Å². The molecule has 6 nitrogen and oxygen atoms in total. The third-order valence-corrected chi connectivity index (χ3v) is 5.18. The van der Waals surface area contributed by atoms with E-state index in [4.69, 9.17) is 14.5 Å². The molecule has 4 rings (SSSR count). The average molecular weight is 368 g/mol. The molecule has 0 bridgehead atoms. The minimum atomic E-state index is 0.302. The number of anilines is 1. The number of fused-ring (bicyclic) bond motifs is 1. The molecule has 1 N–H and O–H groups in total. The second kappa shape index (κ2) is 8.59. The highest BCUT2D eigenvalue weighted by atomic mass is 16.7. The lowest BCUT2D eigenvalue weighted by Crippen LogP contribution is -2.48. The van der Waals surface area contributed by atoms with Crippen LogP contribution in [0.3, 0.4) is 0 Å². The molecule has 27 heavy (non-hydrogen) atoms. The van der Waals surface area contributed by atoms with Gasteiger partial charge in [-0.3, -0.25) is 4.90 Å². The van der Waals surface area contributed by atoms with E-state index >= 15 is 0 Å². The summed E-state index contributed by atoms with van der Waals surface area (Å²) in [6.07, 6.45) is 3.15. The third-order valence-electron chi connectivity index (χ3n) is 5.18. The Hall–Kier alpha value is -2.31. The monoisotopic (exact) mass is 368 g/mol. The zero-order valence-electron chi connectivity index (χ0n) is 16.0. The molecule has 2 aliphatic rings.